The van der Waals surface area contributed by atoms with Gasteiger partial charge in [0.2, 0.25) is 0 Å². The molecule has 2 aliphatic heterocycles. The van der Waals surface area contributed by atoms with Crippen LogP contribution in [-0.4, -0.2) is 32.5 Å². The molecule has 3 aromatic rings. The third-order valence-electron chi connectivity index (χ3n) is 5.43. The van der Waals surface area contributed by atoms with Gasteiger partial charge in [-0.25, -0.2) is 4.98 Å². The molecule has 0 N–H and O–H groups in total. The number of carbonyl (C=O) groups excluding carboxylic acids is 1. The molecule has 8 nitrogen and oxygen atoms in total. The molecule has 160 valence electrons. The summed E-state index contributed by atoms with van der Waals surface area (Å²) in [4.78, 5) is 29.0. The summed E-state index contributed by atoms with van der Waals surface area (Å²) in [6, 6.07) is 7.45. The van der Waals surface area contributed by atoms with Crippen LogP contribution in [0.3, 0.4) is 0 Å². The predicted octanol–water partition coefficient (Wildman–Crippen LogP) is 3.31. The summed E-state index contributed by atoms with van der Waals surface area (Å²) in [7, 11) is 0. The number of benzene rings is 1. The minimum Gasteiger partial charge on any atom is -0.490 e. The van der Waals surface area contributed by atoms with Gasteiger partial charge in [-0.3, -0.25) is 14.2 Å². The molecule has 0 amide bonds. The molecule has 2 aliphatic rings. The lowest BCUT2D eigenvalue weighted by molar-refractivity contribution is -0.145. The maximum atomic E-state index is 12.4. The highest BCUT2D eigenvalue weighted by Gasteiger charge is 2.28. The number of nitrogens with zero attached hydrogens (tertiary/aromatic N) is 3. The Balaban J connectivity index is 1.21. The second-order valence-corrected chi connectivity index (χ2v) is 8.85. The number of aryl methyl sites for hydroxylation is 1. The molecule has 2 aromatic heterocycles. The van der Waals surface area contributed by atoms with Crippen LogP contribution >= 0.6 is 11.8 Å². The Morgan fingerprint density at radius 3 is 3.10 bits per heavy atom. The maximum Gasteiger partial charge on any atom is 0.308 e. The van der Waals surface area contributed by atoms with Crippen molar-refractivity contribution in [2.24, 2.45) is 0 Å². The van der Waals surface area contributed by atoms with E-state index in [4.69, 9.17) is 14.0 Å². The molecule has 31 heavy (non-hydrogen) atoms. The molecule has 0 fully saturated rings. The highest BCUT2D eigenvalue weighted by atomic mass is 32.2. The Kier molecular flexibility index (Phi) is 5.05. The van der Waals surface area contributed by atoms with Crippen LogP contribution in [-0.2, 0) is 22.6 Å². The van der Waals surface area contributed by atoms with Crippen molar-refractivity contribution in [1.82, 2.24) is 14.7 Å². The largest absolute Gasteiger partial charge is 0.490 e. The molecule has 0 saturated carbocycles. The zero-order valence-electron chi connectivity index (χ0n) is 17.2. The lowest BCUT2D eigenvalue weighted by Crippen LogP contribution is -2.27. The molecule has 0 bridgehead atoms. The van der Waals surface area contributed by atoms with Gasteiger partial charge in [-0.2, -0.15) is 0 Å². The van der Waals surface area contributed by atoms with E-state index in [1.54, 1.807) is 23.8 Å². The Morgan fingerprint density at radius 2 is 2.23 bits per heavy atom. The topological polar surface area (TPSA) is 96.5 Å². The molecule has 5 rings (SSSR count). The van der Waals surface area contributed by atoms with Crippen LogP contribution < -0.4 is 10.3 Å². The predicted molar refractivity (Wildman–Crippen MR) is 113 cm³/mol. The van der Waals surface area contributed by atoms with Crippen molar-refractivity contribution >= 4 is 17.7 Å². The molecular formula is C22H21N3O5S. The summed E-state index contributed by atoms with van der Waals surface area (Å²) >= 11 is 1.47. The number of thioether (sulfide) groups is 1. The van der Waals surface area contributed by atoms with E-state index in [9.17, 15) is 9.59 Å². The number of esters is 1. The zero-order chi connectivity index (χ0) is 21.5. The minimum atomic E-state index is -0.392. The Bertz CT molecular complexity index is 1220. The molecule has 9 heteroatoms. The van der Waals surface area contributed by atoms with Crippen molar-refractivity contribution in [3.8, 4) is 17.1 Å². The third-order valence-corrected chi connectivity index (χ3v) is 6.54. The Morgan fingerprint density at radius 1 is 1.35 bits per heavy atom. The number of rotatable bonds is 5. The van der Waals surface area contributed by atoms with E-state index in [2.05, 4.69) is 10.1 Å². The van der Waals surface area contributed by atoms with Crippen molar-refractivity contribution in [1.29, 1.82) is 0 Å². The number of aromatic nitrogens is 3. The van der Waals surface area contributed by atoms with Gasteiger partial charge in [-0.05, 0) is 25.5 Å². The van der Waals surface area contributed by atoms with E-state index in [0.29, 0.717) is 27.9 Å². The van der Waals surface area contributed by atoms with E-state index in [0.717, 1.165) is 17.7 Å². The SMILES string of the molecule is Cc1cnc2n(c1=O)C(CC(=O)OCc1cc(-c3ccc4c(c3)OC(C)C4)on1)CS2. The van der Waals surface area contributed by atoms with Gasteiger partial charge in [0.15, 0.2) is 10.9 Å². The van der Waals surface area contributed by atoms with E-state index < -0.39 is 5.97 Å². The van der Waals surface area contributed by atoms with Gasteiger partial charge in [0, 0.05) is 35.6 Å². The lowest BCUT2D eigenvalue weighted by Gasteiger charge is -2.12. The van der Waals surface area contributed by atoms with Crippen molar-refractivity contribution < 1.29 is 18.8 Å². The number of fused-ring (bicyclic) bond motifs is 2. The highest BCUT2D eigenvalue weighted by molar-refractivity contribution is 7.99. The van der Waals surface area contributed by atoms with Crippen molar-refractivity contribution in [2.45, 2.75) is 50.6 Å². The van der Waals surface area contributed by atoms with Crippen LogP contribution in [0.25, 0.3) is 11.3 Å². The molecule has 0 saturated heterocycles. The van der Waals surface area contributed by atoms with E-state index in [1.807, 2.05) is 25.1 Å². The van der Waals surface area contributed by atoms with Crippen LogP contribution in [0.1, 0.15) is 36.2 Å². The molecule has 4 heterocycles. The smallest absolute Gasteiger partial charge is 0.308 e. The van der Waals surface area contributed by atoms with E-state index in [-0.39, 0.29) is 30.7 Å². The standard InChI is InChI=1S/C22H21N3O5S/c1-12-9-23-22-25(21(12)27)17(11-31-22)8-20(26)28-10-16-7-19(30-24-16)15-4-3-14-5-13(2)29-18(14)6-15/h3-4,6-7,9,13,17H,5,8,10-11H2,1-2H3. The maximum absolute atomic E-state index is 12.4. The lowest BCUT2D eigenvalue weighted by atomic mass is 10.1. The second kappa shape index (κ2) is 7.88. The monoisotopic (exact) mass is 439 g/mol. The quantitative estimate of drug-likeness (QED) is 0.441. The summed E-state index contributed by atoms with van der Waals surface area (Å²) in [5.41, 5.74) is 3.02. The number of hydrogen-bond donors (Lipinski definition) is 0. The number of hydrogen-bond acceptors (Lipinski definition) is 8. The van der Waals surface area contributed by atoms with Gasteiger partial charge in [0.05, 0.1) is 12.5 Å². The first kappa shape index (κ1) is 19.9. The number of carbonyl (C=O) groups is 1. The van der Waals surface area contributed by atoms with Crippen LogP contribution in [0.4, 0.5) is 0 Å². The first-order chi connectivity index (χ1) is 15.0. The fourth-order valence-corrected chi connectivity index (χ4v) is 4.95. The fraction of sp³-hybridized carbons (Fsp3) is 0.364. The van der Waals surface area contributed by atoms with Crippen molar-refractivity contribution in [3.63, 3.8) is 0 Å². The summed E-state index contributed by atoms with van der Waals surface area (Å²) in [5, 5.41) is 4.65. The van der Waals surface area contributed by atoms with Gasteiger partial charge in [-0.15, -0.1) is 0 Å². The molecular weight excluding hydrogens is 418 g/mol. The highest BCUT2D eigenvalue weighted by Crippen LogP contribution is 2.34. The van der Waals surface area contributed by atoms with Crippen LogP contribution in [0.15, 0.2) is 44.9 Å². The van der Waals surface area contributed by atoms with Crippen LogP contribution in [0.5, 0.6) is 5.75 Å². The third kappa shape index (κ3) is 3.85. The summed E-state index contributed by atoms with van der Waals surface area (Å²) < 4.78 is 18.2. The molecule has 0 spiro atoms. The minimum absolute atomic E-state index is 0.00843. The van der Waals surface area contributed by atoms with Crippen LogP contribution in [0, 0.1) is 6.92 Å². The molecule has 0 aliphatic carbocycles. The average molecular weight is 439 g/mol. The average Bonchev–Trinajstić information content (AvgIpc) is 3.46. The molecule has 1 aromatic carbocycles. The van der Waals surface area contributed by atoms with Gasteiger partial charge in [-0.1, -0.05) is 29.1 Å². The second-order valence-electron chi connectivity index (χ2n) is 7.87. The summed E-state index contributed by atoms with van der Waals surface area (Å²) in [6.45, 7) is 3.77. The normalized spacial score (nSPS) is 19.0. The summed E-state index contributed by atoms with van der Waals surface area (Å²) in [5.74, 6) is 1.68. The fourth-order valence-electron chi connectivity index (χ4n) is 3.85. The summed E-state index contributed by atoms with van der Waals surface area (Å²) in [6.07, 6.45) is 2.75. The van der Waals surface area contributed by atoms with Crippen molar-refractivity contribution in [3.05, 3.63) is 57.6 Å². The van der Waals surface area contributed by atoms with Gasteiger partial charge in [0.25, 0.3) is 5.56 Å². The number of ether oxygens (including phenoxy) is 2. The van der Waals surface area contributed by atoms with Gasteiger partial charge >= 0.3 is 5.97 Å². The van der Waals surface area contributed by atoms with Crippen LogP contribution in [0.2, 0.25) is 0 Å². The van der Waals surface area contributed by atoms with E-state index >= 15 is 0 Å². The molecule has 2 atom stereocenters. The Labute approximate surface area is 182 Å². The van der Waals surface area contributed by atoms with E-state index in [1.165, 1.54) is 17.3 Å². The zero-order valence-corrected chi connectivity index (χ0v) is 18.0. The molecule has 2 unspecified atom stereocenters. The Hall–Kier alpha value is -3.07. The van der Waals surface area contributed by atoms with Crippen molar-refractivity contribution in [2.75, 3.05) is 5.75 Å². The van der Waals surface area contributed by atoms with Gasteiger partial charge < -0.3 is 14.0 Å². The molecule has 0 radical (unpaired) electrons. The first-order valence-corrected chi connectivity index (χ1v) is 11.1. The first-order valence-electron chi connectivity index (χ1n) is 10.1. The van der Waals surface area contributed by atoms with Gasteiger partial charge in [0.1, 0.15) is 24.2 Å².